The van der Waals surface area contributed by atoms with Gasteiger partial charge in [0.15, 0.2) is 5.71 Å². The van der Waals surface area contributed by atoms with Crippen LogP contribution in [0.25, 0.3) is 0 Å². The van der Waals surface area contributed by atoms with Gasteiger partial charge in [-0.3, -0.25) is 0 Å². The Labute approximate surface area is 176 Å². The number of piperidine rings is 1. The molecule has 2 N–H and O–H groups in total. The minimum Gasteiger partial charge on any atom is -0.335 e. The van der Waals surface area contributed by atoms with Crippen LogP contribution < -0.4 is 9.89 Å². The van der Waals surface area contributed by atoms with Crippen LogP contribution in [0.15, 0.2) is 60.7 Å². The van der Waals surface area contributed by atoms with E-state index in [1.165, 1.54) is 45.1 Å². The Bertz CT molecular complexity index is 828. The molecular weight excluding hydrogens is 352 g/mol. The van der Waals surface area contributed by atoms with Gasteiger partial charge in [0.1, 0.15) is 6.54 Å². The van der Waals surface area contributed by atoms with Gasteiger partial charge >= 0.3 is 0 Å². The van der Waals surface area contributed by atoms with E-state index in [-0.39, 0.29) is 0 Å². The summed E-state index contributed by atoms with van der Waals surface area (Å²) in [5, 5.41) is 0. The predicted molar refractivity (Wildman–Crippen MR) is 119 cm³/mol. The van der Waals surface area contributed by atoms with Crippen molar-refractivity contribution in [1.29, 1.82) is 0 Å². The monoisotopic (exact) mass is 388 g/mol. The van der Waals surface area contributed by atoms with Crippen LogP contribution in [0, 0.1) is 11.8 Å². The summed E-state index contributed by atoms with van der Waals surface area (Å²) in [5.41, 5.74) is 4.78. The first-order valence-electron chi connectivity index (χ1n) is 11.8. The minimum atomic E-state index is 0.618. The van der Waals surface area contributed by atoms with Crippen molar-refractivity contribution >= 4 is 5.71 Å². The number of nitrogens with one attached hydrogen (secondary N) is 2. The molecule has 0 aromatic heterocycles. The number of benzene rings is 2. The lowest BCUT2D eigenvalue weighted by Crippen LogP contribution is -3.15. The van der Waals surface area contributed by atoms with Gasteiger partial charge in [-0.15, -0.1) is 0 Å². The average molecular weight is 389 g/mol. The molecule has 152 valence electrons. The van der Waals surface area contributed by atoms with Gasteiger partial charge in [0.25, 0.3) is 0 Å². The first-order chi connectivity index (χ1) is 14.3. The van der Waals surface area contributed by atoms with Crippen LogP contribution in [0.1, 0.15) is 61.5 Å². The lowest BCUT2D eigenvalue weighted by atomic mass is 9.56. The first-order valence-corrected chi connectivity index (χ1v) is 11.8. The standard InChI is InChI=1S/C27H34N2/c1-29-18-10-15-22-25(29)19-23(20-11-4-2-5-12-20)27(24-16-8-9-17-28-24)26(22)21-13-6-3-7-14-21/h2-7,11-14,22-23,25-27H,8-10,15-19H2,1H3/p+2/t22-,23+,25+,26+,27-/m0/s1. The Kier molecular flexibility index (Phi) is 5.54. The highest BCUT2D eigenvalue weighted by Gasteiger charge is 2.52. The number of rotatable bonds is 3. The summed E-state index contributed by atoms with van der Waals surface area (Å²) in [7, 11) is 2.45. The Morgan fingerprint density at radius 3 is 2.24 bits per heavy atom. The maximum atomic E-state index is 3.90. The van der Waals surface area contributed by atoms with E-state index >= 15 is 0 Å². The summed E-state index contributed by atoms with van der Waals surface area (Å²) < 4.78 is 0. The van der Waals surface area contributed by atoms with Crippen molar-refractivity contribution < 1.29 is 9.89 Å². The fourth-order valence-corrected chi connectivity index (χ4v) is 6.81. The normalized spacial score (nSPS) is 34.9. The highest BCUT2D eigenvalue weighted by Crippen LogP contribution is 2.51. The van der Waals surface area contributed by atoms with Crippen LogP contribution in [0.5, 0.6) is 0 Å². The Hall–Kier alpha value is -1.93. The van der Waals surface area contributed by atoms with Crippen LogP contribution in [-0.4, -0.2) is 31.9 Å². The van der Waals surface area contributed by atoms with Crippen molar-refractivity contribution in [2.75, 3.05) is 20.1 Å². The zero-order valence-corrected chi connectivity index (χ0v) is 17.8. The van der Waals surface area contributed by atoms with E-state index in [9.17, 15) is 0 Å². The molecule has 2 fully saturated rings. The second-order valence-corrected chi connectivity index (χ2v) is 9.63. The van der Waals surface area contributed by atoms with E-state index in [1.54, 1.807) is 21.7 Å². The molecule has 29 heavy (non-hydrogen) atoms. The molecule has 0 spiro atoms. The molecule has 0 bridgehead atoms. The lowest BCUT2D eigenvalue weighted by molar-refractivity contribution is -0.917. The van der Waals surface area contributed by atoms with Crippen LogP contribution in [-0.2, 0) is 0 Å². The van der Waals surface area contributed by atoms with Crippen LogP contribution in [0.3, 0.4) is 0 Å². The number of fused-ring (bicyclic) bond motifs is 1. The third-order valence-corrected chi connectivity index (χ3v) is 8.09. The third-order valence-electron chi connectivity index (χ3n) is 8.09. The number of quaternary nitrogens is 1. The number of hydrogen-bond donors (Lipinski definition) is 2. The molecule has 2 aliphatic heterocycles. The summed E-state index contributed by atoms with van der Waals surface area (Å²) in [6.45, 7) is 2.50. The van der Waals surface area contributed by atoms with Crippen molar-refractivity contribution in [3.8, 4) is 0 Å². The van der Waals surface area contributed by atoms with E-state index in [0.717, 1.165) is 18.5 Å². The number of likely N-dealkylation sites (tertiary alicyclic amines) is 1. The van der Waals surface area contributed by atoms with Gasteiger partial charge in [-0.2, -0.15) is 0 Å². The first kappa shape index (κ1) is 19.1. The molecule has 2 heteroatoms. The SMILES string of the molecule is C[NH+]1CCC[C@@H]2[C@@H](c3ccccc3)[C@H](C3=[NH+]CCCC3)[C@@H](c3ccccc3)C[C@H]21. The predicted octanol–water partition coefficient (Wildman–Crippen LogP) is 2.57. The molecule has 0 amide bonds. The molecule has 1 saturated heterocycles. The molecule has 6 atom stereocenters. The lowest BCUT2D eigenvalue weighted by Gasteiger charge is -2.50. The van der Waals surface area contributed by atoms with Crippen molar-refractivity contribution in [2.24, 2.45) is 11.8 Å². The highest BCUT2D eigenvalue weighted by molar-refractivity contribution is 5.84. The summed E-state index contributed by atoms with van der Waals surface area (Å²) in [5.74, 6) is 2.67. The van der Waals surface area contributed by atoms with Gasteiger partial charge in [0.2, 0.25) is 0 Å². The largest absolute Gasteiger partial charge is 0.335 e. The van der Waals surface area contributed by atoms with Crippen molar-refractivity contribution in [3.05, 3.63) is 71.8 Å². The van der Waals surface area contributed by atoms with Crippen LogP contribution >= 0.6 is 0 Å². The molecule has 3 aliphatic rings. The molecule has 2 aromatic rings. The van der Waals surface area contributed by atoms with E-state index in [0.29, 0.717) is 17.8 Å². The summed E-state index contributed by atoms with van der Waals surface area (Å²) in [4.78, 5) is 5.67. The molecule has 1 unspecified atom stereocenters. The van der Waals surface area contributed by atoms with Crippen LogP contribution in [0.4, 0.5) is 0 Å². The minimum absolute atomic E-state index is 0.618. The van der Waals surface area contributed by atoms with Gasteiger partial charge in [-0.25, -0.2) is 4.99 Å². The van der Waals surface area contributed by atoms with Crippen LogP contribution in [0.2, 0.25) is 0 Å². The van der Waals surface area contributed by atoms with Crippen molar-refractivity contribution in [2.45, 2.75) is 56.4 Å². The van der Waals surface area contributed by atoms with E-state index < -0.39 is 0 Å². The Balaban J connectivity index is 1.64. The molecule has 0 radical (unpaired) electrons. The molecule has 1 saturated carbocycles. The zero-order valence-electron chi connectivity index (χ0n) is 17.8. The summed E-state index contributed by atoms with van der Waals surface area (Å²) in [6.07, 6.45) is 8.04. The number of hydrogen-bond acceptors (Lipinski definition) is 0. The van der Waals surface area contributed by atoms with Gasteiger partial charge in [-0.1, -0.05) is 60.7 Å². The maximum absolute atomic E-state index is 3.90. The molecule has 5 rings (SSSR count). The van der Waals surface area contributed by atoms with Gasteiger partial charge in [-0.05, 0) is 30.4 Å². The Morgan fingerprint density at radius 2 is 1.55 bits per heavy atom. The fourth-order valence-electron chi connectivity index (χ4n) is 6.81. The van der Waals surface area contributed by atoms with E-state index in [1.807, 2.05) is 0 Å². The Morgan fingerprint density at radius 1 is 0.828 bits per heavy atom. The van der Waals surface area contributed by atoms with Crippen molar-refractivity contribution in [1.82, 2.24) is 0 Å². The molecule has 2 heterocycles. The smallest absolute Gasteiger partial charge is 0.155 e. The summed E-state index contributed by atoms with van der Waals surface area (Å²) in [6, 6.07) is 23.7. The molecule has 1 aliphatic carbocycles. The third kappa shape index (κ3) is 3.68. The van der Waals surface area contributed by atoms with Gasteiger partial charge in [0, 0.05) is 37.0 Å². The second-order valence-electron chi connectivity index (χ2n) is 9.63. The van der Waals surface area contributed by atoms with Gasteiger partial charge in [0.05, 0.1) is 25.6 Å². The van der Waals surface area contributed by atoms with Crippen molar-refractivity contribution in [3.63, 3.8) is 0 Å². The zero-order chi connectivity index (χ0) is 19.6. The van der Waals surface area contributed by atoms with E-state index in [2.05, 4.69) is 72.7 Å². The topological polar surface area (TPSA) is 18.4 Å². The molecular formula is C27H36N2+2. The molecule has 2 nitrogen and oxygen atoms in total. The fraction of sp³-hybridized carbons (Fsp3) is 0.519. The second kappa shape index (κ2) is 8.44. The highest BCUT2D eigenvalue weighted by atomic mass is 15.1. The summed E-state index contributed by atoms with van der Waals surface area (Å²) >= 11 is 0. The molecule has 2 aromatic carbocycles. The quantitative estimate of drug-likeness (QED) is 0.805. The van der Waals surface area contributed by atoms with E-state index in [4.69, 9.17) is 0 Å². The average Bonchev–Trinajstić information content (AvgIpc) is 2.80. The van der Waals surface area contributed by atoms with Gasteiger partial charge < -0.3 is 4.90 Å². The maximum Gasteiger partial charge on any atom is 0.155 e.